The largest absolute Gasteiger partial charge is 0.493 e. The summed E-state index contributed by atoms with van der Waals surface area (Å²) in [6, 6.07) is 12.4. The molecule has 3 rings (SSSR count). The molecule has 2 aromatic rings. The number of hydroxylamine groups is 2. The van der Waals surface area contributed by atoms with Gasteiger partial charge in [-0.3, -0.25) is 9.63 Å². The molecular formula is C18H21NO3. The van der Waals surface area contributed by atoms with Crippen LogP contribution in [0.25, 0.3) is 10.8 Å². The van der Waals surface area contributed by atoms with Crippen molar-refractivity contribution in [3.63, 3.8) is 0 Å². The normalized spacial score (nSPS) is 14.0. The Balaban J connectivity index is 1.87. The van der Waals surface area contributed by atoms with Crippen LogP contribution < -0.4 is 4.74 Å². The number of fused-ring (bicyclic) bond motifs is 1. The van der Waals surface area contributed by atoms with Crippen molar-refractivity contribution in [1.29, 1.82) is 0 Å². The summed E-state index contributed by atoms with van der Waals surface area (Å²) in [5, 5.41) is 3.69. The lowest BCUT2D eigenvalue weighted by Gasteiger charge is -2.19. The fourth-order valence-corrected chi connectivity index (χ4v) is 2.50. The van der Waals surface area contributed by atoms with E-state index >= 15 is 0 Å². The summed E-state index contributed by atoms with van der Waals surface area (Å²) in [6.07, 6.45) is 3.77. The van der Waals surface area contributed by atoms with Gasteiger partial charge in [-0.25, -0.2) is 5.06 Å². The minimum absolute atomic E-state index is 0.243. The molecular weight excluding hydrogens is 278 g/mol. The van der Waals surface area contributed by atoms with Gasteiger partial charge in [-0.2, -0.15) is 0 Å². The third-order valence-electron chi connectivity index (χ3n) is 3.83. The van der Waals surface area contributed by atoms with Crippen molar-refractivity contribution >= 4 is 17.2 Å². The highest BCUT2D eigenvalue weighted by atomic mass is 16.7. The molecule has 0 aromatic heterocycles. The van der Waals surface area contributed by atoms with Gasteiger partial charge < -0.3 is 4.74 Å². The SMILES string of the molecule is CCCOc1ccc2ccccc2c1CON(C=O)C1CC1. The van der Waals surface area contributed by atoms with Crippen LogP contribution in [0.4, 0.5) is 0 Å². The van der Waals surface area contributed by atoms with Crippen molar-refractivity contribution in [3.05, 3.63) is 42.0 Å². The zero-order valence-corrected chi connectivity index (χ0v) is 12.8. The van der Waals surface area contributed by atoms with Gasteiger partial charge in [-0.15, -0.1) is 0 Å². The molecule has 116 valence electrons. The van der Waals surface area contributed by atoms with Crippen molar-refractivity contribution in [1.82, 2.24) is 5.06 Å². The van der Waals surface area contributed by atoms with E-state index in [9.17, 15) is 4.79 Å². The number of hydrogen-bond acceptors (Lipinski definition) is 3. The minimum Gasteiger partial charge on any atom is -0.493 e. The van der Waals surface area contributed by atoms with Gasteiger partial charge in [0.1, 0.15) is 12.4 Å². The smallest absolute Gasteiger partial charge is 0.233 e. The quantitative estimate of drug-likeness (QED) is 0.551. The Kier molecular flexibility index (Phi) is 4.59. The molecule has 1 amide bonds. The zero-order chi connectivity index (χ0) is 15.4. The maximum absolute atomic E-state index is 11.1. The highest BCUT2D eigenvalue weighted by Gasteiger charge is 2.29. The molecule has 4 nitrogen and oxygen atoms in total. The number of carbonyl (C=O) groups is 1. The molecule has 2 aromatic carbocycles. The molecule has 1 fully saturated rings. The Bertz CT molecular complexity index is 652. The lowest BCUT2D eigenvalue weighted by atomic mass is 10.0. The monoisotopic (exact) mass is 299 g/mol. The second kappa shape index (κ2) is 6.79. The lowest BCUT2D eigenvalue weighted by molar-refractivity contribution is -0.181. The van der Waals surface area contributed by atoms with E-state index in [1.54, 1.807) is 0 Å². The Morgan fingerprint density at radius 1 is 1.23 bits per heavy atom. The molecule has 1 aliphatic carbocycles. The summed E-state index contributed by atoms with van der Waals surface area (Å²) >= 11 is 0. The molecule has 0 bridgehead atoms. The summed E-state index contributed by atoms with van der Waals surface area (Å²) < 4.78 is 5.85. The Hall–Kier alpha value is -2.07. The van der Waals surface area contributed by atoms with Crippen molar-refractivity contribution in [2.75, 3.05) is 6.61 Å². The first-order valence-corrected chi connectivity index (χ1v) is 7.83. The second-order valence-corrected chi connectivity index (χ2v) is 5.58. The van der Waals surface area contributed by atoms with Gasteiger partial charge >= 0.3 is 0 Å². The molecule has 0 radical (unpaired) electrons. The van der Waals surface area contributed by atoms with Gasteiger partial charge in [0.15, 0.2) is 0 Å². The molecule has 0 heterocycles. The highest BCUT2D eigenvalue weighted by Crippen LogP contribution is 2.31. The van der Waals surface area contributed by atoms with Gasteiger partial charge in [0, 0.05) is 5.56 Å². The molecule has 0 atom stereocenters. The van der Waals surface area contributed by atoms with Crippen LogP contribution in [0.2, 0.25) is 0 Å². The van der Waals surface area contributed by atoms with Crippen LogP contribution in [-0.2, 0) is 16.2 Å². The van der Waals surface area contributed by atoms with Gasteiger partial charge in [0.25, 0.3) is 0 Å². The van der Waals surface area contributed by atoms with E-state index in [0.717, 1.165) is 47.8 Å². The molecule has 0 N–H and O–H groups in total. The first kappa shape index (κ1) is 14.9. The number of amides is 1. The fraction of sp³-hybridized carbons (Fsp3) is 0.389. The van der Waals surface area contributed by atoms with Crippen molar-refractivity contribution in [2.45, 2.75) is 38.8 Å². The van der Waals surface area contributed by atoms with E-state index in [1.165, 1.54) is 5.06 Å². The number of hydrogen-bond donors (Lipinski definition) is 0. The maximum Gasteiger partial charge on any atom is 0.233 e. The van der Waals surface area contributed by atoms with E-state index < -0.39 is 0 Å². The molecule has 0 unspecified atom stereocenters. The topological polar surface area (TPSA) is 38.8 Å². The summed E-state index contributed by atoms with van der Waals surface area (Å²) in [5.74, 6) is 0.835. The molecule has 0 aliphatic heterocycles. The first-order chi connectivity index (χ1) is 10.8. The predicted octanol–water partition coefficient (Wildman–Crippen LogP) is 3.68. The summed E-state index contributed by atoms with van der Waals surface area (Å²) in [5.41, 5.74) is 0.999. The number of nitrogens with zero attached hydrogens (tertiary/aromatic N) is 1. The van der Waals surface area contributed by atoms with Crippen LogP contribution in [0.3, 0.4) is 0 Å². The van der Waals surface area contributed by atoms with Crippen molar-refractivity contribution < 1.29 is 14.4 Å². The predicted molar refractivity (Wildman–Crippen MR) is 85.4 cm³/mol. The molecule has 1 aliphatic rings. The Morgan fingerprint density at radius 3 is 2.77 bits per heavy atom. The van der Waals surface area contributed by atoms with Gasteiger partial charge in [-0.1, -0.05) is 37.3 Å². The van der Waals surface area contributed by atoms with Gasteiger partial charge in [0.2, 0.25) is 6.41 Å². The van der Waals surface area contributed by atoms with E-state index in [1.807, 2.05) is 18.2 Å². The Labute approximate surface area is 130 Å². The maximum atomic E-state index is 11.1. The van der Waals surface area contributed by atoms with Crippen molar-refractivity contribution in [2.24, 2.45) is 0 Å². The summed E-state index contributed by atoms with van der Waals surface area (Å²) in [6.45, 7) is 3.10. The van der Waals surface area contributed by atoms with Crippen LogP contribution in [0, 0.1) is 0 Å². The standard InChI is InChI=1S/C18H21NO3/c1-2-11-21-18-10-7-14-5-3-4-6-16(14)17(18)12-22-19(13-20)15-8-9-15/h3-7,10,13,15H,2,8-9,11-12H2,1H3. The molecule has 0 spiro atoms. The lowest BCUT2D eigenvalue weighted by Crippen LogP contribution is -2.24. The second-order valence-electron chi connectivity index (χ2n) is 5.58. The van der Waals surface area contributed by atoms with E-state index in [2.05, 4.69) is 25.1 Å². The van der Waals surface area contributed by atoms with Gasteiger partial charge in [0.05, 0.1) is 12.6 Å². The third-order valence-corrected chi connectivity index (χ3v) is 3.83. The summed E-state index contributed by atoms with van der Waals surface area (Å²) in [7, 11) is 0. The number of ether oxygens (including phenoxy) is 1. The zero-order valence-electron chi connectivity index (χ0n) is 12.8. The van der Waals surface area contributed by atoms with Crippen LogP contribution in [0.15, 0.2) is 36.4 Å². The molecule has 0 saturated heterocycles. The number of benzene rings is 2. The average Bonchev–Trinajstić information content (AvgIpc) is 3.39. The van der Waals surface area contributed by atoms with E-state index in [0.29, 0.717) is 13.2 Å². The highest BCUT2D eigenvalue weighted by molar-refractivity contribution is 5.87. The summed E-state index contributed by atoms with van der Waals surface area (Å²) in [4.78, 5) is 16.8. The molecule has 22 heavy (non-hydrogen) atoms. The van der Waals surface area contributed by atoms with Crippen LogP contribution in [-0.4, -0.2) is 24.1 Å². The first-order valence-electron chi connectivity index (χ1n) is 7.83. The number of rotatable bonds is 8. The third kappa shape index (κ3) is 3.22. The van der Waals surface area contributed by atoms with Crippen LogP contribution in [0.5, 0.6) is 5.75 Å². The van der Waals surface area contributed by atoms with Crippen LogP contribution >= 0.6 is 0 Å². The van der Waals surface area contributed by atoms with Crippen LogP contribution in [0.1, 0.15) is 31.7 Å². The van der Waals surface area contributed by atoms with E-state index in [-0.39, 0.29) is 6.04 Å². The molecule has 1 saturated carbocycles. The minimum atomic E-state index is 0.243. The van der Waals surface area contributed by atoms with E-state index in [4.69, 9.17) is 9.57 Å². The Morgan fingerprint density at radius 2 is 2.05 bits per heavy atom. The molecule has 4 heteroatoms. The average molecular weight is 299 g/mol. The fourth-order valence-electron chi connectivity index (χ4n) is 2.50. The van der Waals surface area contributed by atoms with Gasteiger partial charge in [-0.05, 0) is 36.1 Å². The number of carbonyl (C=O) groups excluding carboxylic acids is 1. The van der Waals surface area contributed by atoms with Crippen molar-refractivity contribution in [3.8, 4) is 5.75 Å².